The van der Waals surface area contributed by atoms with Crippen molar-refractivity contribution in [3.05, 3.63) is 35.8 Å². The zero-order valence-electron chi connectivity index (χ0n) is 8.92. The molecular weight excluding hydrogens is 283 g/mol. The van der Waals surface area contributed by atoms with E-state index in [1.54, 1.807) is 0 Å². The van der Waals surface area contributed by atoms with Gasteiger partial charge in [-0.2, -0.15) is 0 Å². The van der Waals surface area contributed by atoms with Crippen LogP contribution >= 0.6 is 20.0 Å². The van der Waals surface area contributed by atoms with Crippen molar-refractivity contribution in [3.63, 3.8) is 0 Å². The zero-order valence-corrected chi connectivity index (χ0v) is 10.6. The van der Waals surface area contributed by atoms with Crippen LogP contribution in [-0.4, -0.2) is 30.2 Å². The van der Waals surface area contributed by atoms with Gasteiger partial charge in [0.2, 0.25) is 0 Å². The van der Waals surface area contributed by atoms with Gasteiger partial charge in [0, 0.05) is 12.4 Å². The highest BCUT2D eigenvalue weighted by atomic mass is 35.5. The number of nitrogens with zero attached hydrogens (tertiary/aromatic N) is 2. The molecule has 0 unspecified atom stereocenters. The number of halogens is 1. The second kappa shape index (κ2) is 5.07. The second-order valence-electron chi connectivity index (χ2n) is 3.56. The lowest BCUT2D eigenvalue weighted by Crippen LogP contribution is -1.94. The van der Waals surface area contributed by atoms with Crippen molar-refractivity contribution in [3.8, 4) is 0 Å². The van der Waals surface area contributed by atoms with Crippen molar-refractivity contribution < 1.29 is 24.3 Å². The lowest BCUT2D eigenvalue weighted by molar-refractivity contribution is 0.0691. The molecule has 0 bridgehead atoms. The lowest BCUT2D eigenvalue weighted by atomic mass is 10.3. The lowest BCUT2D eigenvalue weighted by Gasteiger charge is -2.03. The predicted molar refractivity (Wildman–Crippen MR) is 65.1 cm³/mol. The summed E-state index contributed by atoms with van der Waals surface area (Å²) in [6, 6.07) is 3.02. The smallest absolute Gasteiger partial charge is 0.356 e. The van der Waals surface area contributed by atoms with Gasteiger partial charge in [-0.25, -0.2) is 9.78 Å². The molecule has 0 spiro atoms. The van der Waals surface area contributed by atoms with Gasteiger partial charge in [-0.1, -0.05) is 6.07 Å². The summed E-state index contributed by atoms with van der Waals surface area (Å²) in [4.78, 5) is 32.2. The number of aromatic nitrogens is 2. The van der Waals surface area contributed by atoms with E-state index in [9.17, 15) is 9.36 Å². The summed E-state index contributed by atoms with van der Waals surface area (Å²) < 4.78 is 12.3. The van der Waals surface area contributed by atoms with Crippen LogP contribution in [0.15, 0.2) is 24.5 Å². The minimum absolute atomic E-state index is 0. The van der Waals surface area contributed by atoms with Crippen molar-refractivity contribution in [1.82, 2.24) is 9.38 Å². The van der Waals surface area contributed by atoms with Crippen LogP contribution in [0.5, 0.6) is 0 Å². The number of fused-ring (bicyclic) bond motifs is 1. The Kier molecular flexibility index (Phi) is 4.13. The van der Waals surface area contributed by atoms with Gasteiger partial charge < -0.3 is 19.3 Å². The van der Waals surface area contributed by atoms with Crippen LogP contribution in [0.3, 0.4) is 0 Å². The molecule has 0 aromatic carbocycles. The zero-order chi connectivity index (χ0) is 12.6. The minimum Gasteiger partial charge on any atom is -0.476 e. The van der Waals surface area contributed by atoms with E-state index in [0.717, 1.165) is 0 Å². The van der Waals surface area contributed by atoms with E-state index >= 15 is 0 Å². The van der Waals surface area contributed by atoms with Crippen LogP contribution in [-0.2, 0) is 10.7 Å². The summed E-state index contributed by atoms with van der Waals surface area (Å²) in [5.41, 5.74) is 0.718. The molecule has 9 heteroatoms. The highest BCUT2D eigenvalue weighted by molar-refractivity contribution is 7.50. The van der Waals surface area contributed by atoms with Crippen LogP contribution in [0, 0.1) is 0 Å². The first kappa shape index (κ1) is 14.7. The van der Waals surface area contributed by atoms with Gasteiger partial charge in [0.1, 0.15) is 5.65 Å². The van der Waals surface area contributed by atoms with Crippen molar-refractivity contribution >= 4 is 31.6 Å². The van der Waals surface area contributed by atoms with E-state index < -0.39 is 13.6 Å². The van der Waals surface area contributed by atoms with Crippen molar-refractivity contribution in [2.75, 3.05) is 0 Å². The maximum Gasteiger partial charge on any atom is 0.356 e. The van der Waals surface area contributed by atoms with Gasteiger partial charge in [-0.3, -0.25) is 4.57 Å². The van der Waals surface area contributed by atoms with Crippen LogP contribution < -0.4 is 0 Å². The molecule has 7 nitrogen and oxygen atoms in total. The molecule has 2 heterocycles. The highest BCUT2D eigenvalue weighted by Gasteiger charge is 2.15. The summed E-state index contributed by atoms with van der Waals surface area (Å²) in [6.07, 6.45) is 2.36. The third kappa shape index (κ3) is 3.30. The van der Waals surface area contributed by atoms with Gasteiger partial charge in [0.15, 0.2) is 5.69 Å². The Morgan fingerprint density at radius 2 is 2.00 bits per heavy atom. The fraction of sp³-hybridized carbons (Fsp3) is 0.111. The molecule has 18 heavy (non-hydrogen) atoms. The van der Waals surface area contributed by atoms with Crippen LogP contribution in [0.1, 0.15) is 16.1 Å². The molecule has 0 amide bonds. The number of carbonyl (C=O) groups is 1. The second-order valence-corrected chi connectivity index (χ2v) is 5.20. The number of hydrogen-bond acceptors (Lipinski definition) is 3. The SMILES string of the molecule is Cl.O=C(O)c1cn2cc(CP(=O)(O)O)ccc2n1. The van der Waals surface area contributed by atoms with E-state index in [4.69, 9.17) is 14.9 Å². The first-order valence-corrected chi connectivity index (χ1v) is 6.40. The number of imidazole rings is 1. The monoisotopic (exact) mass is 292 g/mol. The quantitative estimate of drug-likeness (QED) is 0.731. The molecule has 0 saturated carbocycles. The summed E-state index contributed by atoms with van der Waals surface area (Å²) >= 11 is 0. The van der Waals surface area contributed by atoms with Crippen molar-refractivity contribution in [2.45, 2.75) is 6.16 Å². The normalized spacial score (nSPS) is 11.2. The molecule has 2 aromatic rings. The molecular formula is C9H10ClN2O5P. The first-order chi connectivity index (χ1) is 7.85. The highest BCUT2D eigenvalue weighted by Crippen LogP contribution is 2.38. The fourth-order valence-electron chi connectivity index (χ4n) is 1.47. The molecule has 0 aliphatic carbocycles. The molecule has 0 aliphatic rings. The van der Waals surface area contributed by atoms with Gasteiger partial charge in [0.05, 0.1) is 6.16 Å². The van der Waals surface area contributed by atoms with E-state index in [-0.39, 0.29) is 24.3 Å². The number of rotatable bonds is 3. The third-order valence-corrected chi connectivity index (χ3v) is 2.90. The van der Waals surface area contributed by atoms with Crippen LogP contribution in [0.4, 0.5) is 0 Å². The number of aromatic carboxylic acids is 1. The van der Waals surface area contributed by atoms with Gasteiger partial charge >= 0.3 is 13.6 Å². The van der Waals surface area contributed by atoms with E-state index in [1.807, 2.05) is 0 Å². The van der Waals surface area contributed by atoms with Gasteiger partial charge in [-0.15, -0.1) is 12.4 Å². The minimum atomic E-state index is -4.13. The molecule has 0 saturated heterocycles. The molecule has 0 aliphatic heterocycles. The van der Waals surface area contributed by atoms with Crippen LogP contribution in [0.25, 0.3) is 5.65 Å². The Morgan fingerprint density at radius 1 is 1.33 bits per heavy atom. The standard InChI is InChI=1S/C9H9N2O5P.ClH/c12-9(13)7-4-11-3-6(5-17(14,15)16)1-2-8(11)10-7;/h1-4H,5H2,(H,12,13)(H2,14,15,16);1H. The maximum absolute atomic E-state index is 10.8. The summed E-state index contributed by atoms with van der Waals surface area (Å²) in [6.45, 7) is 0. The van der Waals surface area contributed by atoms with E-state index in [1.165, 1.54) is 28.9 Å². The Balaban J connectivity index is 0.00000162. The van der Waals surface area contributed by atoms with Crippen molar-refractivity contribution in [1.29, 1.82) is 0 Å². The van der Waals surface area contributed by atoms with Gasteiger partial charge in [0.25, 0.3) is 0 Å². The maximum atomic E-state index is 10.8. The average Bonchev–Trinajstić information content (AvgIpc) is 2.57. The number of hydrogen-bond donors (Lipinski definition) is 3. The Hall–Kier alpha value is -1.40. The summed E-state index contributed by atoms with van der Waals surface area (Å²) in [5.74, 6) is -1.15. The number of pyridine rings is 1. The van der Waals surface area contributed by atoms with E-state index in [0.29, 0.717) is 11.2 Å². The third-order valence-electron chi connectivity index (χ3n) is 2.12. The molecule has 0 fully saturated rings. The summed E-state index contributed by atoms with van der Waals surface area (Å²) in [7, 11) is -4.13. The topological polar surface area (TPSA) is 112 Å². The number of carboxylic acid groups (broad SMARTS) is 1. The Morgan fingerprint density at radius 3 is 2.56 bits per heavy atom. The van der Waals surface area contributed by atoms with E-state index in [2.05, 4.69) is 4.98 Å². The largest absolute Gasteiger partial charge is 0.476 e. The van der Waals surface area contributed by atoms with Crippen molar-refractivity contribution in [2.24, 2.45) is 0 Å². The Bertz CT molecular complexity index is 635. The average molecular weight is 293 g/mol. The van der Waals surface area contributed by atoms with Gasteiger partial charge in [-0.05, 0) is 11.6 Å². The fourth-order valence-corrected chi connectivity index (χ4v) is 2.14. The molecule has 0 atom stereocenters. The predicted octanol–water partition coefficient (Wildman–Crippen LogP) is 1.13. The number of carboxylic acids is 1. The Labute approximate surface area is 108 Å². The summed E-state index contributed by atoms with van der Waals surface area (Å²) in [5, 5.41) is 8.74. The first-order valence-electron chi connectivity index (χ1n) is 4.61. The molecule has 2 aromatic heterocycles. The molecule has 2 rings (SSSR count). The molecule has 3 N–H and O–H groups in total. The molecule has 98 valence electrons. The molecule has 0 radical (unpaired) electrons. The van der Waals surface area contributed by atoms with Crippen LogP contribution in [0.2, 0.25) is 0 Å².